The molecule has 0 aliphatic rings. The van der Waals surface area contributed by atoms with Crippen molar-refractivity contribution in [1.29, 1.82) is 0 Å². The summed E-state index contributed by atoms with van der Waals surface area (Å²) in [6.45, 7) is 6.38. The number of nitrogens with zero attached hydrogens (tertiary/aromatic N) is 3. The van der Waals surface area contributed by atoms with Gasteiger partial charge < -0.3 is 19.9 Å². The second-order valence-corrected chi connectivity index (χ2v) is 10.1. The lowest BCUT2D eigenvalue weighted by molar-refractivity contribution is -0.113. The molecule has 0 spiro atoms. The van der Waals surface area contributed by atoms with Crippen LogP contribution in [0.2, 0.25) is 10.0 Å². The Morgan fingerprint density at radius 1 is 1.08 bits per heavy atom. The second kappa shape index (κ2) is 12.9. The van der Waals surface area contributed by atoms with E-state index in [0.717, 1.165) is 0 Å². The topological polar surface area (TPSA) is 115 Å². The number of hydrogen-bond donors (Lipinski definition) is 2. The van der Waals surface area contributed by atoms with E-state index in [0.29, 0.717) is 33.8 Å². The van der Waals surface area contributed by atoms with E-state index in [1.807, 2.05) is 25.3 Å². The number of carbonyl (C=O) groups excluding carboxylic acids is 3. The van der Waals surface area contributed by atoms with E-state index in [9.17, 15) is 14.4 Å². The summed E-state index contributed by atoms with van der Waals surface area (Å²) < 4.78 is 6.63. The Labute approximate surface area is 229 Å². The molecule has 1 aromatic heterocycles. The molecule has 3 aromatic rings. The SMILES string of the molecule is CCn1c(SCC(=O)Nc2ccccc2C(=O)OC)nnc1[C@H](NC(=O)c1ccc(Cl)cc1Cl)C(C)C. The number of hydrogen-bond acceptors (Lipinski definition) is 7. The third-order valence-electron chi connectivity index (χ3n) is 5.41. The number of amides is 2. The van der Waals surface area contributed by atoms with Crippen LogP contribution in [0.25, 0.3) is 0 Å². The van der Waals surface area contributed by atoms with Gasteiger partial charge in [0.15, 0.2) is 11.0 Å². The van der Waals surface area contributed by atoms with Crippen LogP contribution in [0.4, 0.5) is 5.69 Å². The molecule has 0 saturated carbocycles. The monoisotopic (exact) mass is 563 g/mol. The van der Waals surface area contributed by atoms with Crippen LogP contribution in [0.1, 0.15) is 53.4 Å². The van der Waals surface area contributed by atoms with Crippen molar-refractivity contribution in [2.24, 2.45) is 5.92 Å². The van der Waals surface area contributed by atoms with Gasteiger partial charge >= 0.3 is 5.97 Å². The summed E-state index contributed by atoms with van der Waals surface area (Å²) in [6, 6.07) is 10.8. The summed E-state index contributed by atoms with van der Waals surface area (Å²) in [6.07, 6.45) is 0. The largest absolute Gasteiger partial charge is 0.465 e. The fourth-order valence-corrected chi connectivity index (χ4v) is 4.86. The number of halogens is 2. The Balaban J connectivity index is 1.74. The number of thioether (sulfide) groups is 1. The molecule has 0 fully saturated rings. The summed E-state index contributed by atoms with van der Waals surface area (Å²) in [5, 5.41) is 15.5. The van der Waals surface area contributed by atoms with Gasteiger partial charge in [-0.3, -0.25) is 9.59 Å². The van der Waals surface area contributed by atoms with Gasteiger partial charge in [0.2, 0.25) is 5.91 Å². The molecule has 2 aromatic carbocycles. The first-order valence-electron chi connectivity index (χ1n) is 11.4. The van der Waals surface area contributed by atoms with Crippen LogP contribution in [0.15, 0.2) is 47.6 Å². The van der Waals surface area contributed by atoms with Gasteiger partial charge in [-0.05, 0) is 43.2 Å². The molecule has 1 heterocycles. The molecule has 0 saturated heterocycles. The van der Waals surface area contributed by atoms with Gasteiger partial charge in [-0.15, -0.1) is 10.2 Å². The molecule has 9 nitrogen and oxygen atoms in total. The first kappa shape index (κ1) is 28.5. The van der Waals surface area contributed by atoms with E-state index in [2.05, 4.69) is 20.8 Å². The molecule has 0 bridgehead atoms. The lowest BCUT2D eigenvalue weighted by atomic mass is 10.0. The maximum Gasteiger partial charge on any atom is 0.339 e. The Kier molecular flexibility index (Phi) is 9.96. The summed E-state index contributed by atoms with van der Waals surface area (Å²) in [5.41, 5.74) is 0.928. The molecule has 3 rings (SSSR count). The molecule has 37 heavy (non-hydrogen) atoms. The predicted molar refractivity (Wildman–Crippen MR) is 144 cm³/mol. The van der Waals surface area contributed by atoms with Crippen molar-refractivity contribution in [2.45, 2.75) is 38.5 Å². The number of ether oxygens (including phenoxy) is 1. The molecule has 2 N–H and O–H groups in total. The van der Waals surface area contributed by atoms with E-state index < -0.39 is 12.0 Å². The van der Waals surface area contributed by atoms with Crippen molar-refractivity contribution < 1.29 is 19.1 Å². The number of carbonyl (C=O) groups is 3. The normalized spacial score (nSPS) is 11.8. The van der Waals surface area contributed by atoms with E-state index in [1.54, 1.807) is 36.4 Å². The van der Waals surface area contributed by atoms with E-state index in [1.165, 1.54) is 24.9 Å². The zero-order valence-electron chi connectivity index (χ0n) is 20.7. The highest BCUT2D eigenvalue weighted by atomic mass is 35.5. The lowest BCUT2D eigenvalue weighted by Gasteiger charge is -2.22. The average Bonchev–Trinajstić information content (AvgIpc) is 3.28. The molecular weight excluding hydrogens is 537 g/mol. The molecular formula is C25H27Cl2N5O4S. The van der Waals surface area contributed by atoms with Crippen LogP contribution in [-0.4, -0.2) is 45.4 Å². The molecule has 0 aliphatic heterocycles. The van der Waals surface area contributed by atoms with E-state index >= 15 is 0 Å². The smallest absolute Gasteiger partial charge is 0.339 e. The van der Waals surface area contributed by atoms with Crippen molar-refractivity contribution in [3.05, 3.63) is 69.5 Å². The summed E-state index contributed by atoms with van der Waals surface area (Å²) >= 11 is 13.4. The minimum atomic E-state index is -0.541. The maximum absolute atomic E-state index is 13.0. The molecule has 12 heteroatoms. The molecule has 196 valence electrons. The first-order valence-corrected chi connectivity index (χ1v) is 13.2. The van der Waals surface area contributed by atoms with Gasteiger partial charge in [0.25, 0.3) is 5.91 Å². The van der Waals surface area contributed by atoms with Crippen LogP contribution in [0.3, 0.4) is 0 Å². The number of anilines is 1. The molecule has 0 unspecified atom stereocenters. The standard InChI is InChI=1S/C25H27Cl2N5O4S/c1-5-32-22(21(14(2)3)29-23(34)16-11-10-15(26)12-18(16)27)30-31-25(32)37-13-20(33)28-19-9-7-6-8-17(19)24(35)36-4/h6-12,14,21H,5,13H2,1-4H3,(H,28,33)(H,29,34)/t21-/m1/s1. The quantitative estimate of drug-likeness (QED) is 0.255. The third kappa shape index (κ3) is 7.03. The first-order chi connectivity index (χ1) is 17.7. The van der Waals surface area contributed by atoms with Crippen molar-refractivity contribution in [2.75, 3.05) is 18.2 Å². The van der Waals surface area contributed by atoms with Gasteiger partial charge in [0.1, 0.15) is 0 Å². The van der Waals surface area contributed by atoms with Crippen LogP contribution in [-0.2, 0) is 16.1 Å². The lowest BCUT2D eigenvalue weighted by Crippen LogP contribution is -2.34. The van der Waals surface area contributed by atoms with Gasteiger partial charge in [-0.25, -0.2) is 4.79 Å². The van der Waals surface area contributed by atoms with Gasteiger partial charge in [-0.2, -0.15) is 0 Å². The Morgan fingerprint density at radius 3 is 2.46 bits per heavy atom. The van der Waals surface area contributed by atoms with Crippen LogP contribution in [0.5, 0.6) is 0 Å². The number of methoxy groups -OCH3 is 1. The number of nitrogens with one attached hydrogen (secondary N) is 2. The molecule has 0 radical (unpaired) electrons. The number of esters is 1. The van der Waals surface area contributed by atoms with Gasteiger partial charge in [0, 0.05) is 11.6 Å². The van der Waals surface area contributed by atoms with Crippen LogP contribution >= 0.6 is 35.0 Å². The molecule has 1 atom stereocenters. The molecule has 0 aliphatic carbocycles. The van der Waals surface area contributed by atoms with Gasteiger partial charge in [0.05, 0.1) is 40.7 Å². The zero-order chi connectivity index (χ0) is 27.1. The summed E-state index contributed by atoms with van der Waals surface area (Å²) in [5.74, 6) is -0.633. The average molecular weight is 564 g/mol. The van der Waals surface area contributed by atoms with Crippen molar-refractivity contribution in [3.63, 3.8) is 0 Å². The van der Waals surface area contributed by atoms with Crippen LogP contribution < -0.4 is 10.6 Å². The zero-order valence-corrected chi connectivity index (χ0v) is 23.1. The van der Waals surface area contributed by atoms with E-state index in [-0.39, 0.29) is 34.1 Å². The number of para-hydroxylation sites is 1. The van der Waals surface area contributed by atoms with Gasteiger partial charge in [-0.1, -0.05) is 60.9 Å². The Morgan fingerprint density at radius 2 is 1.81 bits per heavy atom. The second-order valence-electron chi connectivity index (χ2n) is 8.28. The van der Waals surface area contributed by atoms with Crippen LogP contribution in [0, 0.1) is 5.92 Å². The Hall–Kier alpha value is -3.08. The number of aromatic nitrogens is 3. The molecule has 2 amide bonds. The maximum atomic E-state index is 13.0. The fraction of sp³-hybridized carbons (Fsp3) is 0.320. The van der Waals surface area contributed by atoms with E-state index in [4.69, 9.17) is 27.9 Å². The van der Waals surface area contributed by atoms with Crippen molar-refractivity contribution >= 4 is 58.4 Å². The van der Waals surface area contributed by atoms with Crippen molar-refractivity contribution in [3.8, 4) is 0 Å². The number of benzene rings is 2. The predicted octanol–water partition coefficient (Wildman–Crippen LogP) is 5.25. The summed E-state index contributed by atoms with van der Waals surface area (Å²) in [4.78, 5) is 37.6. The summed E-state index contributed by atoms with van der Waals surface area (Å²) in [7, 11) is 1.28. The third-order valence-corrected chi connectivity index (χ3v) is 6.92. The highest BCUT2D eigenvalue weighted by Crippen LogP contribution is 2.27. The Bertz CT molecular complexity index is 1300. The minimum Gasteiger partial charge on any atom is -0.465 e. The highest BCUT2D eigenvalue weighted by Gasteiger charge is 2.27. The number of rotatable bonds is 10. The minimum absolute atomic E-state index is 0.0134. The fourth-order valence-electron chi connectivity index (χ4n) is 3.55. The highest BCUT2D eigenvalue weighted by molar-refractivity contribution is 7.99. The van der Waals surface area contributed by atoms with Crippen molar-refractivity contribution in [1.82, 2.24) is 20.1 Å².